The number of aliphatic imine (C=N–C) groups is 1. The molecule has 3 N–H and O–H groups in total. The number of carboxylic acid groups (broad SMARTS) is 1. The molecule has 2 aliphatic rings. The fourth-order valence-electron chi connectivity index (χ4n) is 4.12. The number of carbonyl (C=O) groups is 3. The first-order valence-corrected chi connectivity index (χ1v) is 13.3. The number of aliphatic carboxylic acids is 1. The van der Waals surface area contributed by atoms with Crippen molar-refractivity contribution < 1.29 is 27.9 Å². The Labute approximate surface area is 205 Å². The molecule has 0 saturated carbocycles. The highest BCUT2D eigenvalue weighted by atomic mass is 32.2. The van der Waals surface area contributed by atoms with Gasteiger partial charge < -0.3 is 15.7 Å². The average Bonchev–Trinajstić information content (AvgIpc) is 3.22. The third-order valence-electron chi connectivity index (χ3n) is 5.78. The first-order chi connectivity index (χ1) is 16.5. The lowest BCUT2D eigenvalue weighted by Gasteiger charge is -2.23. The lowest BCUT2D eigenvalue weighted by Crippen LogP contribution is -2.42. The van der Waals surface area contributed by atoms with E-state index >= 15 is 0 Å². The molecule has 1 aliphatic carbocycles. The van der Waals surface area contributed by atoms with Crippen molar-refractivity contribution >= 4 is 38.7 Å². The molecule has 0 bridgehead atoms. The largest absolute Gasteiger partial charge is 0.480 e. The van der Waals surface area contributed by atoms with Crippen LogP contribution in [0.15, 0.2) is 53.0 Å². The minimum atomic E-state index is -3.67. The number of carboxylic acids is 1. The second-order valence-electron chi connectivity index (χ2n) is 9.26. The molecule has 35 heavy (non-hydrogen) atoms. The smallest absolute Gasteiger partial charge is 0.326 e. The van der Waals surface area contributed by atoms with Gasteiger partial charge in [-0.1, -0.05) is 56.3 Å². The Morgan fingerprint density at radius 2 is 1.97 bits per heavy atom. The van der Waals surface area contributed by atoms with Crippen molar-refractivity contribution in [3.8, 4) is 0 Å². The Balaban J connectivity index is 1.80. The number of hydrogen-bond acceptors (Lipinski definition) is 6. The van der Waals surface area contributed by atoms with Crippen LogP contribution in [0.1, 0.15) is 45.1 Å². The van der Waals surface area contributed by atoms with Gasteiger partial charge in [0.15, 0.2) is 9.84 Å². The zero-order valence-electron chi connectivity index (χ0n) is 19.8. The second kappa shape index (κ2) is 11.4. The zero-order valence-corrected chi connectivity index (χ0v) is 20.6. The number of sulfone groups is 1. The van der Waals surface area contributed by atoms with Crippen LogP contribution in [0, 0.1) is 11.8 Å². The van der Waals surface area contributed by atoms with Gasteiger partial charge in [0.05, 0.1) is 5.75 Å². The number of nitrogens with zero attached hydrogens (tertiary/aromatic N) is 1. The van der Waals surface area contributed by atoms with Gasteiger partial charge in [0, 0.05) is 12.0 Å². The van der Waals surface area contributed by atoms with Crippen LogP contribution < -0.4 is 10.6 Å². The lowest BCUT2D eigenvalue weighted by molar-refractivity contribution is -0.141. The predicted octanol–water partition coefficient (Wildman–Crippen LogP) is 2.31. The minimum absolute atomic E-state index is 0.0784. The van der Waals surface area contributed by atoms with Crippen LogP contribution in [0.5, 0.6) is 0 Å². The van der Waals surface area contributed by atoms with E-state index in [9.17, 15) is 27.9 Å². The maximum absolute atomic E-state index is 13.1. The normalized spacial score (nSPS) is 21.4. The second-order valence-corrected chi connectivity index (χ2v) is 11.1. The minimum Gasteiger partial charge on any atom is -0.480 e. The first-order valence-electron chi connectivity index (χ1n) is 11.6. The summed E-state index contributed by atoms with van der Waals surface area (Å²) in [6.07, 6.45) is 4.27. The number of amides is 2. The molecule has 188 valence electrons. The molecule has 3 rings (SSSR count). The van der Waals surface area contributed by atoms with Crippen LogP contribution in [0.2, 0.25) is 0 Å². The highest BCUT2D eigenvalue weighted by Crippen LogP contribution is 2.32. The molecule has 9 nitrogen and oxygen atoms in total. The first kappa shape index (κ1) is 26.3. The Morgan fingerprint density at radius 3 is 2.57 bits per heavy atom. The summed E-state index contributed by atoms with van der Waals surface area (Å²) in [4.78, 5) is 40.0. The zero-order chi connectivity index (χ0) is 25.6. The van der Waals surface area contributed by atoms with Gasteiger partial charge in [-0.2, -0.15) is 0 Å². The van der Waals surface area contributed by atoms with Crippen molar-refractivity contribution in [1.29, 1.82) is 0 Å². The van der Waals surface area contributed by atoms with E-state index < -0.39 is 39.8 Å². The fraction of sp³-hybridized carbons (Fsp3) is 0.440. The topological polar surface area (TPSA) is 142 Å². The van der Waals surface area contributed by atoms with Crippen molar-refractivity contribution in [1.82, 2.24) is 10.6 Å². The van der Waals surface area contributed by atoms with Crippen LogP contribution in [-0.4, -0.2) is 54.8 Å². The standard InChI is InChI=1S/C25H31N3O6S/c1-16(2)12-21(25(31)32)27-24(30)19-9-8-17(13-20(19)18-6-4-3-5-7-18)14-35(33,34)15-26-22-10-11-23(29)28-22/h3-7,9,13,15-17,21-22H,8,10-12,14H2,1-2H3,(H,27,30)(H,28,29)(H,31,32)/t17?,21-,22+/m0/s1. The number of carbonyl (C=O) groups excluding carboxylic acids is 2. The third-order valence-corrected chi connectivity index (χ3v) is 7.11. The fourth-order valence-corrected chi connectivity index (χ4v) is 5.37. The van der Waals surface area contributed by atoms with Crippen LogP contribution in [0.25, 0.3) is 5.57 Å². The number of allylic oxidation sites excluding steroid dienone is 2. The molecule has 1 heterocycles. The summed E-state index contributed by atoms with van der Waals surface area (Å²) < 4.78 is 25.3. The monoisotopic (exact) mass is 501 g/mol. The molecule has 1 aliphatic heterocycles. The molecule has 0 radical (unpaired) electrons. The van der Waals surface area contributed by atoms with E-state index in [0.717, 1.165) is 11.1 Å². The third kappa shape index (κ3) is 7.61. The molecular formula is C25H31N3O6S. The van der Waals surface area contributed by atoms with Gasteiger partial charge in [-0.15, -0.1) is 0 Å². The number of rotatable bonds is 10. The molecule has 3 atom stereocenters. The van der Waals surface area contributed by atoms with Gasteiger partial charge in [-0.25, -0.2) is 13.2 Å². The van der Waals surface area contributed by atoms with Crippen LogP contribution in [0.4, 0.5) is 0 Å². The van der Waals surface area contributed by atoms with E-state index in [1.165, 1.54) is 0 Å². The Morgan fingerprint density at radius 1 is 1.26 bits per heavy atom. The average molecular weight is 502 g/mol. The van der Waals surface area contributed by atoms with Gasteiger partial charge in [-0.3, -0.25) is 14.6 Å². The van der Waals surface area contributed by atoms with Gasteiger partial charge in [0.2, 0.25) is 5.91 Å². The van der Waals surface area contributed by atoms with E-state index in [1.807, 2.05) is 44.2 Å². The van der Waals surface area contributed by atoms with Gasteiger partial charge >= 0.3 is 5.97 Å². The molecule has 0 spiro atoms. The highest BCUT2D eigenvalue weighted by Gasteiger charge is 2.28. The summed E-state index contributed by atoms with van der Waals surface area (Å²) in [5.41, 5.74) is 2.52. The molecule has 2 amide bonds. The van der Waals surface area contributed by atoms with Crippen molar-refractivity contribution in [2.45, 2.75) is 51.7 Å². The van der Waals surface area contributed by atoms with Crippen molar-refractivity contribution in [3.05, 3.63) is 53.6 Å². The lowest BCUT2D eigenvalue weighted by atomic mass is 9.86. The van der Waals surface area contributed by atoms with E-state index in [4.69, 9.17) is 0 Å². The Hall–Kier alpha value is -3.27. The maximum Gasteiger partial charge on any atom is 0.326 e. The SMILES string of the molecule is CC(C)C[C@H](NC(=O)C1=CCC(CS(=O)(=O)C=N[C@H]2CCC(=O)N2)C=C1c1ccccc1)C(=O)O. The summed E-state index contributed by atoms with van der Waals surface area (Å²) in [5.74, 6) is -2.29. The molecule has 0 aromatic heterocycles. The van der Waals surface area contributed by atoms with E-state index in [1.54, 1.807) is 12.2 Å². The number of hydrogen-bond donors (Lipinski definition) is 3. The molecular weight excluding hydrogens is 470 g/mol. The maximum atomic E-state index is 13.1. The predicted molar refractivity (Wildman–Crippen MR) is 133 cm³/mol. The van der Waals surface area contributed by atoms with Crippen molar-refractivity contribution in [2.24, 2.45) is 16.8 Å². The molecule has 10 heteroatoms. The molecule has 1 saturated heterocycles. The van der Waals surface area contributed by atoms with E-state index in [0.29, 0.717) is 36.8 Å². The van der Waals surface area contributed by atoms with E-state index in [2.05, 4.69) is 15.6 Å². The summed E-state index contributed by atoms with van der Waals surface area (Å²) in [5, 5.41) is 14.7. The van der Waals surface area contributed by atoms with Crippen molar-refractivity contribution in [2.75, 3.05) is 5.75 Å². The highest BCUT2D eigenvalue weighted by molar-refractivity contribution is 8.04. The quantitative estimate of drug-likeness (QED) is 0.332. The summed E-state index contributed by atoms with van der Waals surface area (Å²) in [6.45, 7) is 3.76. The molecule has 1 unspecified atom stereocenters. The van der Waals surface area contributed by atoms with Crippen molar-refractivity contribution in [3.63, 3.8) is 0 Å². The molecule has 1 fully saturated rings. The summed E-state index contributed by atoms with van der Waals surface area (Å²) in [7, 11) is -3.67. The summed E-state index contributed by atoms with van der Waals surface area (Å²) in [6, 6.07) is 8.07. The number of nitrogens with one attached hydrogen (secondary N) is 2. The Bertz CT molecular complexity index is 1150. The summed E-state index contributed by atoms with van der Waals surface area (Å²) >= 11 is 0. The van der Waals surface area contributed by atoms with Crippen LogP contribution in [0.3, 0.4) is 0 Å². The van der Waals surface area contributed by atoms with Gasteiger partial charge in [0.25, 0.3) is 5.91 Å². The van der Waals surface area contributed by atoms with E-state index in [-0.39, 0.29) is 17.6 Å². The van der Waals surface area contributed by atoms with Gasteiger partial charge in [-0.05, 0) is 42.2 Å². The Kier molecular flexibility index (Phi) is 8.61. The molecule has 1 aromatic rings. The van der Waals surface area contributed by atoms with Crippen LogP contribution in [-0.2, 0) is 24.2 Å². The molecule has 1 aromatic carbocycles. The van der Waals surface area contributed by atoms with Gasteiger partial charge in [0.1, 0.15) is 17.8 Å². The number of benzene rings is 1. The van der Waals surface area contributed by atoms with Crippen LogP contribution >= 0.6 is 0 Å².